The molecule has 0 amide bonds. The fourth-order valence-electron chi connectivity index (χ4n) is 1.91. The van der Waals surface area contributed by atoms with E-state index in [9.17, 15) is 14.7 Å². The Kier molecular flexibility index (Phi) is 4.20. The van der Waals surface area contributed by atoms with E-state index in [1.807, 2.05) is 30.3 Å². The summed E-state index contributed by atoms with van der Waals surface area (Å²) >= 11 is 0. The highest BCUT2D eigenvalue weighted by molar-refractivity contribution is 5.91. The third kappa shape index (κ3) is 3.06. The Morgan fingerprint density at radius 2 is 2.00 bits per heavy atom. The molecule has 0 bridgehead atoms. The number of aromatic amines is 1. The van der Waals surface area contributed by atoms with Gasteiger partial charge >= 0.3 is 5.97 Å². The Morgan fingerprint density at radius 3 is 2.60 bits per heavy atom. The van der Waals surface area contributed by atoms with Crippen molar-refractivity contribution in [3.63, 3.8) is 0 Å². The molecule has 0 fully saturated rings. The minimum atomic E-state index is -0.822. The van der Waals surface area contributed by atoms with Gasteiger partial charge in [-0.2, -0.15) is 0 Å². The molecule has 0 radical (unpaired) electrons. The Labute approximate surface area is 115 Å². The van der Waals surface area contributed by atoms with Crippen molar-refractivity contribution in [2.24, 2.45) is 0 Å². The predicted molar refractivity (Wildman–Crippen MR) is 73.9 cm³/mol. The van der Waals surface area contributed by atoms with E-state index in [1.165, 1.54) is 6.07 Å². The van der Waals surface area contributed by atoms with Gasteiger partial charge in [0.2, 0.25) is 0 Å². The maximum atomic E-state index is 11.9. The van der Waals surface area contributed by atoms with E-state index in [0.29, 0.717) is 12.1 Å². The Bertz CT molecular complexity index is 661. The van der Waals surface area contributed by atoms with Crippen molar-refractivity contribution in [2.75, 3.05) is 6.61 Å². The first-order valence-corrected chi connectivity index (χ1v) is 6.28. The Morgan fingerprint density at radius 1 is 1.30 bits per heavy atom. The van der Waals surface area contributed by atoms with Crippen molar-refractivity contribution < 1.29 is 14.6 Å². The number of carbonyl (C=O) groups excluding carboxylic acids is 1. The van der Waals surface area contributed by atoms with Crippen LogP contribution in [-0.4, -0.2) is 22.7 Å². The largest absolute Gasteiger partial charge is 0.507 e. The molecule has 20 heavy (non-hydrogen) atoms. The van der Waals surface area contributed by atoms with Crippen LogP contribution in [0.15, 0.2) is 41.2 Å². The summed E-state index contributed by atoms with van der Waals surface area (Å²) in [4.78, 5) is 26.0. The molecule has 0 unspecified atom stereocenters. The molecule has 104 valence electrons. The van der Waals surface area contributed by atoms with Crippen molar-refractivity contribution >= 4 is 5.97 Å². The van der Waals surface area contributed by atoms with Gasteiger partial charge in [0.05, 0.1) is 6.61 Å². The van der Waals surface area contributed by atoms with Crippen LogP contribution >= 0.6 is 0 Å². The summed E-state index contributed by atoms with van der Waals surface area (Å²) in [5, 5.41) is 9.83. The summed E-state index contributed by atoms with van der Waals surface area (Å²) < 4.78 is 4.73. The number of nitrogens with one attached hydrogen (secondary N) is 1. The second-order valence-electron chi connectivity index (χ2n) is 4.27. The van der Waals surface area contributed by atoms with E-state index >= 15 is 0 Å². The molecule has 0 saturated carbocycles. The van der Waals surface area contributed by atoms with E-state index in [2.05, 4.69) is 4.98 Å². The zero-order chi connectivity index (χ0) is 14.5. The molecule has 0 spiro atoms. The van der Waals surface area contributed by atoms with Gasteiger partial charge in [0, 0.05) is 18.2 Å². The summed E-state index contributed by atoms with van der Waals surface area (Å²) in [7, 11) is 0. The van der Waals surface area contributed by atoms with Crippen LogP contribution in [-0.2, 0) is 11.2 Å². The lowest BCUT2D eigenvalue weighted by Gasteiger charge is -2.06. The van der Waals surface area contributed by atoms with Gasteiger partial charge in [0.25, 0.3) is 5.56 Å². The van der Waals surface area contributed by atoms with Crippen molar-refractivity contribution in [3.05, 3.63) is 63.6 Å². The fraction of sp³-hybridized carbons (Fsp3) is 0.200. The summed E-state index contributed by atoms with van der Waals surface area (Å²) in [6.45, 7) is 1.77. The molecule has 1 aromatic carbocycles. The molecular weight excluding hydrogens is 258 g/mol. The molecule has 0 saturated heterocycles. The number of esters is 1. The maximum Gasteiger partial charge on any atom is 0.347 e. The molecule has 0 atom stereocenters. The SMILES string of the molecule is CCOC(=O)c1c(O)cc(Cc2ccccc2)[nH]c1=O. The fourth-order valence-corrected chi connectivity index (χ4v) is 1.91. The number of pyridine rings is 1. The molecule has 5 nitrogen and oxygen atoms in total. The van der Waals surface area contributed by atoms with Gasteiger partial charge < -0.3 is 14.8 Å². The minimum Gasteiger partial charge on any atom is -0.507 e. The van der Waals surface area contributed by atoms with Gasteiger partial charge in [-0.1, -0.05) is 30.3 Å². The molecule has 2 N–H and O–H groups in total. The van der Waals surface area contributed by atoms with Gasteiger partial charge in [-0.05, 0) is 12.5 Å². The minimum absolute atomic E-state index is 0.142. The number of rotatable bonds is 4. The lowest BCUT2D eigenvalue weighted by atomic mass is 10.1. The molecular formula is C15H15NO4. The third-order valence-corrected chi connectivity index (χ3v) is 2.79. The summed E-state index contributed by atoms with van der Waals surface area (Å²) in [6, 6.07) is 10.9. The van der Waals surface area contributed by atoms with Crippen LogP contribution in [0.4, 0.5) is 0 Å². The topological polar surface area (TPSA) is 79.4 Å². The number of carbonyl (C=O) groups is 1. The van der Waals surface area contributed by atoms with E-state index in [-0.39, 0.29) is 17.9 Å². The van der Waals surface area contributed by atoms with Gasteiger partial charge in [0.1, 0.15) is 5.75 Å². The van der Waals surface area contributed by atoms with Crippen LogP contribution in [0.5, 0.6) is 5.75 Å². The van der Waals surface area contributed by atoms with Gasteiger partial charge in [0.15, 0.2) is 5.56 Å². The van der Waals surface area contributed by atoms with Crippen LogP contribution in [0, 0.1) is 0 Å². The zero-order valence-electron chi connectivity index (χ0n) is 11.1. The normalized spacial score (nSPS) is 10.2. The van der Waals surface area contributed by atoms with Crippen molar-refractivity contribution in [1.29, 1.82) is 0 Å². The molecule has 2 aromatic rings. The van der Waals surface area contributed by atoms with Crippen LogP contribution in [0.25, 0.3) is 0 Å². The standard InChI is InChI=1S/C15H15NO4/c1-2-20-15(19)13-12(17)9-11(16-14(13)18)8-10-6-4-3-5-7-10/h3-7,9H,2,8H2,1H3,(H2,16,17,18). The third-order valence-electron chi connectivity index (χ3n) is 2.79. The first-order chi connectivity index (χ1) is 9.61. The molecule has 0 aliphatic carbocycles. The number of aromatic nitrogens is 1. The highest BCUT2D eigenvalue weighted by atomic mass is 16.5. The molecule has 1 aromatic heterocycles. The van der Waals surface area contributed by atoms with Crippen LogP contribution in [0.1, 0.15) is 28.5 Å². The van der Waals surface area contributed by atoms with E-state index in [1.54, 1.807) is 6.92 Å². The summed E-state index contributed by atoms with van der Waals surface area (Å²) in [6.07, 6.45) is 0.465. The lowest BCUT2D eigenvalue weighted by molar-refractivity contribution is 0.0521. The van der Waals surface area contributed by atoms with Gasteiger partial charge in [-0.3, -0.25) is 4.79 Å². The highest BCUT2D eigenvalue weighted by Gasteiger charge is 2.18. The molecule has 5 heteroatoms. The number of H-pyrrole nitrogens is 1. The Hall–Kier alpha value is -2.56. The van der Waals surface area contributed by atoms with Crippen molar-refractivity contribution in [2.45, 2.75) is 13.3 Å². The van der Waals surface area contributed by atoms with Gasteiger partial charge in [-0.15, -0.1) is 0 Å². The predicted octanol–water partition coefficient (Wildman–Crippen LogP) is 1.85. The Balaban J connectivity index is 2.31. The first kappa shape index (κ1) is 13.9. The number of ether oxygens (including phenoxy) is 1. The van der Waals surface area contributed by atoms with Crippen molar-refractivity contribution in [1.82, 2.24) is 4.98 Å². The first-order valence-electron chi connectivity index (χ1n) is 6.28. The molecule has 0 aliphatic heterocycles. The average Bonchev–Trinajstić information content (AvgIpc) is 2.39. The lowest BCUT2D eigenvalue weighted by Crippen LogP contribution is -2.21. The zero-order valence-corrected chi connectivity index (χ0v) is 11.1. The molecule has 0 aliphatic rings. The van der Waals surface area contributed by atoms with E-state index in [0.717, 1.165) is 5.56 Å². The molecule has 1 heterocycles. The average molecular weight is 273 g/mol. The van der Waals surface area contributed by atoms with Crippen LogP contribution < -0.4 is 5.56 Å². The van der Waals surface area contributed by atoms with Crippen LogP contribution in [0.2, 0.25) is 0 Å². The second-order valence-corrected chi connectivity index (χ2v) is 4.27. The summed E-state index contributed by atoms with van der Waals surface area (Å²) in [5.74, 6) is -1.18. The monoisotopic (exact) mass is 273 g/mol. The quantitative estimate of drug-likeness (QED) is 0.833. The van der Waals surface area contributed by atoms with Crippen molar-refractivity contribution in [3.8, 4) is 5.75 Å². The molecule has 2 rings (SSSR count). The van der Waals surface area contributed by atoms with Crippen LogP contribution in [0.3, 0.4) is 0 Å². The highest BCUT2D eigenvalue weighted by Crippen LogP contribution is 2.16. The smallest absolute Gasteiger partial charge is 0.347 e. The number of benzene rings is 1. The van der Waals surface area contributed by atoms with E-state index < -0.39 is 11.5 Å². The summed E-state index contributed by atoms with van der Waals surface area (Å²) in [5.41, 5.74) is 0.524. The number of hydrogen-bond donors (Lipinski definition) is 2. The van der Waals surface area contributed by atoms with Gasteiger partial charge in [-0.25, -0.2) is 4.79 Å². The maximum absolute atomic E-state index is 11.9. The number of hydrogen-bond acceptors (Lipinski definition) is 4. The second kappa shape index (κ2) is 6.06. The number of aromatic hydroxyl groups is 1. The van der Waals surface area contributed by atoms with E-state index in [4.69, 9.17) is 4.74 Å².